The van der Waals surface area contributed by atoms with Crippen molar-refractivity contribution in [3.05, 3.63) is 18.3 Å². The fraction of sp³-hybridized carbons (Fsp3) is 0.615. The van der Waals surface area contributed by atoms with Crippen molar-refractivity contribution in [3.8, 4) is 0 Å². The number of pyridine rings is 1. The summed E-state index contributed by atoms with van der Waals surface area (Å²) in [5, 5.41) is 0. The van der Waals surface area contributed by atoms with E-state index in [1.54, 1.807) is 12.1 Å². The molecule has 20 heavy (non-hydrogen) atoms. The van der Waals surface area contributed by atoms with Crippen LogP contribution in [0.1, 0.15) is 13.3 Å². The third-order valence-corrected chi connectivity index (χ3v) is 6.78. The number of nitrogens with zero attached hydrogens (tertiary/aromatic N) is 3. The molecule has 0 bridgehead atoms. The third kappa shape index (κ3) is 3.15. The molecule has 0 spiro atoms. The predicted octanol–water partition coefficient (Wildman–Crippen LogP) is 1.94. The van der Waals surface area contributed by atoms with Crippen molar-refractivity contribution in [2.24, 2.45) is 5.92 Å². The second-order valence-electron chi connectivity index (χ2n) is 5.37. The molecule has 1 aromatic heterocycles. The smallest absolute Gasteiger partial charge is 0.244 e. The fourth-order valence-corrected chi connectivity index (χ4v) is 3.47. The van der Waals surface area contributed by atoms with Gasteiger partial charge in [0.15, 0.2) is 0 Å². The molecule has 2 heterocycles. The van der Waals surface area contributed by atoms with E-state index in [9.17, 15) is 8.42 Å². The Bertz CT molecular complexity index is 559. The van der Waals surface area contributed by atoms with Gasteiger partial charge in [-0.25, -0.2) is 17.7 Å². The summed E-state index contributed by atoms with van der Waals surface area (Å²) < 4.78 is 25.2. The zero-order valence-electron chi connectivity index (χ0n) is 12.0. The van der Waals surface area contributed by atoms with Gasteiger partial charge in [-0.3, -0.25) is 0 Å². The van der Waals surface area contributed by atoms with E-state index in [1.165, 1.54) is 24.6 Å². The predicted molar refractivity (Wildman–Crippen MR) is 83.8 cm³/mol. The summed E-state index contributed by atoms with van der Waals surface area (Å²) in [6.07, 6.45) is 2.51. The van der Waals surface area contributed by atoms with Crippen LogP contribution < -0.4 is 4.90 Å². The number of rotatable bonds is 3. The van der Waals surface area contributed by atoms with E-state index in [4.69, 9.17) is 0 Å². The number of halogens is 1. The van der Waals surface area contributed by atoms with Crippen molar-refractivity contribution in [2.45, 2.75) is 23.1 Å². The normalized spacial score (nSPS) is 24.1. The number of hydrogen-bond acceptors (Lipinski definition) is 4. The van der Waals surface area contributed by atoms with Gasteiger partial charge in [0.1, 0.15) is 10.7 Å². The van der Waals surface area contributed by atoms with Crippen LogP contribution in [0.5, 0.6) is 0 Å². The Balaban J connectivity index is 2.17. The van der Waals surface area contributed by atoms with Crippen molar-refractivity contribution in [1.82, 2.24) is 9.29 Å². The maximum Gasteiger partial charge on any atom is 0.244 e. The summed E-state index contributed by atoms with van der Waals surface area (Å²) >= 11 is 3.68. The highest BCUT2D eigenvalue weighted by atomic mass is 79.9. The number of piperidine rings is 1. The highest BCUT2D eigenvalue weighted by molar-refractivity contribution is 9.09. The summed E-state index contributed by atoms with van der Waals surface area (Å²) in [4.78, 5) is 7.30. The first kappa shape index (κ1) is 15.7. The Labute approximate surface area is 129 Å². The van der Waals surface area contributed by atoms with Crippen LogP contribution >= 0.6 is 15.9 Å². The highest BCUT2D eigenvalue weighted by Crippen LogP contribution is 2.26. The van der Waals surface area contributed by atoms with Gasteiger partial charge in [0.05, 0.1) is 0 Å². The lowest BCUT2D eigenvalue weighted by Gasteiger charge is -2.35. The molecule has 1 saturated heterocycles. The van der Waals surface area contributed by atoms with Crippen molar-refractivity contribution >= 4 is 31.8 Å². The Hall–Kier alpha value is -0.660. The summed E-state index contributed by atoms with van der Waals surface area (Å²) in [6.45, 7) is 4.08. The summed E-state index contributed by atoms with van der Waals surface area (Å²) in [7, 11) is -0.360. The van der Waals surface area contributed by atoms with E-state index in [2.05, 4.69) is 32.7 Å². The van der Waals surface area contributed by atoms with Gasteiger partial charge >= 0.3 is 0 Å². The Morgan fingerprint density at radius 2 is 2.10 bits per heavy atom. The van der Waals surface area contributed by atoms with Crippen LogP contribution in [0.3, 0.4) is 0 Å². The zero-order valence-corrected chi connectivity index (χ0v) is 14.4. The molecule has 2 rings (SSSR count). The van der Waals surface area contributed by atoms with Gasteiger partial charge in [0, 0.05) is 38.2 Å². The second kappa shape index (κ2) is 5.99. The number of hydrogen-bond donors (Lipinski definition) is 0. The van der Waals surface area contributed by atoms with Crippen LogP contribution in [0.25, 0.3) is 0 Å². The minimum Gasteiger partial charge on any atom is -0.356 e. The number of sulfonamides is 1. The second-order valence-corrected chi connectivity index (χ2v) is 8.70. The molecule has 1 fully saturated rings. The third-order valence-electron chi connectivity index (χ3n) is 3.62. The van der Waals surface area contributed by atoms with Crippen molar-refractivity contribution in [1.29, 1.82) is 0 Å². The molecule has 2 unspecified atom stereocenters. The van der Waals surface area contributed by atoms with Gasteiger partial charge < -0.3 is 4.90 Å². The lowest BCUT2D eigenvalue weighted by Crippen LogP contribution is -2.40. The van der Waals surface area contributed by atoms with E-state index in [0.717, 1.165) is 25.3 Å². The number of alkyl halides is 1. The van der Waals surface area contributed by atoms with Gasteiger partial charge in [0.2, 0.25) is 10.0 Å². The summed E-state index contributed by atoms with van der Waals surface area (Å²) in [5.41, 5.74) is 0. The lowest BCUT2D eigenvalue weighted by atomic mass is 10.0. The van der Waals surface area contributed by atoms with Gasteiger partial charge in [-0.15, -0.1) is 0 Å². The number of aromatic nitrogens is 1. The van der Waals surface area contributed by atoms with Gasteiger partial charge in [0.25, 0.3) is 0 Å². The van der Waals surface area contributed by atoms with E-state index in [-0.39, 0.29) is 4.90 Å². The molecule has 2 atom stereocenters. The van der Waals surface area contributed by atoms with Gasteiger partial charge in [-0.1, -0.05) is 22.9 Å². The van der Waals surface area contributed by atoms with Crippen LogP contribution in [0.4, 0.5) is 5.82 Å². The molecule has 0 saturated carbocycles. The largest absolute Gasteiger partial charge is 0.356 e. The SMILES string of the molecule is CC1CN(c2ccc(S(=O)(=O)N(C)C)cn2)CCC1Br. The van der Waals surface area contributed by atoms with Crippen LogP contribution in [0.15, 0.2) is 23.2 Å². The summed E-state index contributed by atoms with van der Waals surface area (Å²) in [6, 6.07) is 3.42. The summed E-state index contributed by atoms with van der Waals surface area (Å²) in [5.74, 6) is 1.39. The topological polar surface area (TPSA) is 53.5 Å². The average Bonchev–Trinajstić information content (AvgIpc) is 2.42. The van der Waals surface area contributed by atoms with Crippen molar-refractivity contribution in [3.63, 3.8) is 0 Å². The highest BCUT2D eigenvalue weighted by Gasteiger charge is 2.25. The molecule has 0 aromatic carbocycles. The van der Waals surface area contributed by atoms with Crippen molar-refractivity contribution < 1.29 is 8.42 Å². The maximum atomic E-state index is 12.0. The Kier molecular flexibility index (Phi) is 4.71. The van der Waals surface area contributed by atoms with Crippen molar-refractivity contribution in [2.75, 3.05) is 32.1 Å². The molecule has 5 nitrogen and oxygen atoms in total. The molecular formula is C13H20BrN3O2S. The maximum absolute atomic E-state index is 12.0. The standard InChI is InChI=1S/C13H20BrN3O2S/c1-10-9-17(7-6-12(10)14)13-5-4-11(8-15-13)20(18,19)16(2)3/h4-5,8,10,12H,6-7,9H2,1-3H3. The van der Waals surface area contributed by atoms with Crippen LogP contribution in [0, 0.1) is 5.92 Å². The molecule has 1 aliphatic heterocycles. The molecule has 0 radical (unpaired) electrons. The van der Waals surface area contributed by atoms with Crippen LogP contribution in [-0.2, 0) is 10.0 Å². The first-order valence-electron chi connectivity index (χ1n) is 6.60. The molecule has 0 N–H and O–H groups in total. The van der Waals surface area contributed by atoms with Gasteiger partial charge in [-0.2, -0.15) is 0 Å². The molecule has 0 amide bonds. The lowest BCUT2D eigenvalue weighted by molar-refractivity contribution is 0.463. The Morgan fingerprint density at radius 1 is 1.40 bits per heavy atom. The average molecular weight is 362 g/mol. The van der Waals surface area contributed by atoms with E-state index in [1.807, 2.05) is 0 Å². The molecule has 1 aliphatic rings. The first-order chi connectivity index (χ1) is 9.32. The van der Waals surface area contributed by atoms with E-state index in [0.29, 0.717) is 10.7 Å². The number of anilines is 1. The molecule has 0 aliphatic carbocycles. The quantitative estimate of drug-likeness (QED) is 0.772. The van der Waals surface area contributed by atoms with Crippen LogP contribution in [-0.4, -0.2) is 49.7 Å². The molecule has 1 aromatic rings. The monoisotopic (exact) mass is 361 g/mol. The first-order valence-corrected chi connectivity index (χ1v) is 8.95. The molecule has 112 valence electrons. The minimum absolute atomic E-state index is 0.231. The Morgan fingerprint density at radius 3 is 2.60 bits per heavy atom. The fourth-order valence-electron chi connectivity index (χ4n) is 2.25. The van der Waals surface area contributed by atoms with Gasteiger partial charge in [-0.05, 0) is 24.5 Å². The van der Waals surface area contributed by atoms with E-state index < -0.39 is 10.0 Å². The molecular weight excluding hydrogens is 342 g/mol. The van der Waals surface area contributed by atoms with E-state index >= 15 is 0 Å². The zero-order chi connectivity index (χ0) is 14.9. The minimum atomic E-state index is -3.40. The molecule has 7 heteroatoms. The van der Waals surface area contributed by atoms with Crippen LogP contribution in [0.2, 0.25) is 0 Å².